The fraction of sp³-hybridized carbons (Fsp3) is 0.714. The summed E-state index contributed by atoms with van der Waals surface area (Å²) in [6.07, 6.45) is -9.19. The summed E-state index contributed by atoms with van der Waals surface area (Å²) < 4.78 is 3.92. The van der Waals surface area contributed by atoms with Crippen molar-refractivity contribution in [3.8, 4) is 0 Å². The molecule has 0 spiro atoms. The predicted octanol–water partition coefficient (Wildman–Crippen LogP) is -2.83. The summed E-state index contributed by atoms with van der Waals surface area (Å²) in [7, 11) is 0. The van der Waals surface area contributed by atoms with E-state index in [1.54, 1.807) is 0 Å². The van der Waals surface area contributed by atoms with Crippen LogP contribution in [0.5, 0.6) is 0 Å². The summed E-state index contributed by atoms with van der Waals surface area (Å²) in [6, 6.07) is 0. The van der Waals surface area contributed by atoms with E-state index < -0.39 is 37.2 Å². The Morgan fingerprint density at radius 1 is 1.31 bits per heavy atom. The van der Waals surface area contributed by atoms with E-state index in [9.17, 15) is 14.7 Å². The van der Waals surface area contributed by atoms with Gasteiger partial charge in [0.1, 0.15) is 18.3 Å². The molecule has 0 aliphatic heterocycles. The fourth-order valence-electron chi connectivity index (χ4n) is 0.824. The predicted molar refractivity (Wildman–Crippen MR) is 52.0 cm³/mol. The van der Waals surface area contributed by atoms with Crippen LogP contribution in [-0.2, 0) is 9.53 Å². The minimum atomic E-state index is -1.94. The van der Waals surface area contributed by atoms with Gasteiger partial charge in [0, 0.05) is 0 Å². The zero-order chi connectivity index (χ0) is 12.0. The third kappa shape index (κ3) is 5.94. The van der Waals surface area contributed by atoms with Crippen molar-refractivity contribution in [2.75, 3.05) is 6.61 Å². The van der Waals surface area contributed by atoms with Crippen LogP contribution in [0.3, 0.4) is 0 Å². The Kier molecular flexibility index (Phi) is 10.5. The molecule has 0 rings (SSSR count). The molecule has 8 nitrogen and oxygen atoms in total. The standard InChI is InChI=1S/C7H12O8.Ca.2H/c8-1-3(10)5(11)6(12)4(2-9)15-7(13)14;;;/h2-6,8,10-12H,1H2,(H,13,14);;;/q;+2;2*-1/t3-,4+,5-,6-;;;/m1.../s1. The third-order valence-electron chi connectivity index (χ3n) is 1.64. The maximum atomic E-state index is 10.3. The SMILES string of the molecule is O=C[C@H](OC(=O)O)[C@@H](O)[C@H](O)[C@H](O)CO.[Ca+2].[H-].[H-]. The van der Waals surface area contributed by atoms with Gasteiger partial charge in [0.15, 0.2) is 12.4 Å². The van der Waals surface area contributed by atoms with Crippen molar-refractivity contribution in [1.82, 2.24) is 0 Å². The quantitative estimate of drug-likeness (QED) is 0.196. The van der Waals surface area contributed by atoms with Gasteiger partial charge in [-0.15, -0.1) is 0 Å². The Labute approximate surface area is 123 Å². The number of hydrogen-bond acceptors (Lipinski definition) is 7. The normalized spacial score (nSPS) is 17.5. The molecule has 0 heterocycles. The number of carbonyl (C=O) groups excluding carboxylic acids is 1. The maximum Gasteiger partial charge on any atom is 2.00 e. The molecule has 0 amide bonds. The number of aliphatic hydroxyl groups excluding tert-OH is 4. The minimum Gasteiger partial charge on any atom is -1.00 e. The largest absolute Gasteiger partial charge is 2.00 e. The van der Waals surface area contributed by atoms with E-state index in [-0.39, 0.29) is 46.9 Å². The molecule has 0 bridgehead atoms. The van der Waals surface area contributed by atoms with Crippen molar-refractivity contribution in [1.29, 1.82) is 0 Å². The van der Waals surface area contributed by atoms with Crippen LogP contribution in [0.4, 0.5) is 4.79 Å². The van der Waals surface area contributed by atoms with Crippen molar-refractivity contribution in [2.45, 2.75) is 24.4 Å². The Morgan fingerprint density at radius 2 is 1.81 bits per heavy atom. The van der Waals surface area contributed by atoms with E-state index in [2.05, 4.69) is 4.74 Å². The third-order valence-corrected chi connectivity index (χ3v) is 1.64. The first kappa shape index (κ1) is 18.4. The van der Waals surface area contributed by atoms with Gasteiger partial charge < -0.3 is 33.1 Å². The van der Waals surface area contributed by atoms with Crippen molar-refractivity contribution in [3.05, 3.63) is 0 Å². The zero-order valence-electron chi connectivity index (χ0n) is 10.3. The number of aliphatic hydroxyl groups is 4. The number of carbonyl (C=O) groups is 2. The fourth-order valence-corrected chi connectivity index (χ4v) is 0.824. The molecule has 0 saturated carbocycles. The van der Waals surface area contributed by atoms with Gasteiger partial charge in [0.2, 0.25) is 0 Å². The first-order valence-electron chi connectivity index (χ1n) is 3.94. The molecule has 0 saturated heterocycles. The number of rotatable bonds is 6. The van der Waals surface area contributed by atoms with Gasteiger partial charge in [-0.25, -0.2) is 4.79 Å². The second-order valence-corrected chi connectivity index (χ2v) is 2.72. The van der Waals surface area contributed by atoms with Gasteiger partial charge in [-0.05, 0) is 0 Å². The topological polar surface area (TPSA) is 145 Å². The minimum absolute atomic E-state index is 0. The van der Waals surface area contributed by atoms with Crippen LogP contribution in [0.1, 0.15) is 2.85 Å². The van der Waals surface area contributed by atoms with Crippen LogP contribution in [-0.4, -0.2) is 107 Å². The van der Waals surface area contributed by atoms with Gasteiger partial charge in [-0.2, -0.15) is 0 Å². The average Bonchev–Trinajstić information content (AvgIpc) is 2.22. The molecule has 92 valence electrons. The van der Waals surface area contributed by atoms with E-state index in [1.807, 2.05) is 0 Å². The zero-order valence-corrected chi connectivity index (χ0v) is 10.5. The Hall–Kier alpha value is 0.0397. The van der Waals surface area contributed by atoms with E-state index in [4.69, 9.17) is 20.4 Å². The molecule has 5 N–H and O–H groups in total. The monoisotopic (exact) mass is 266 g/mol. The Morgan fingerprint density at radius 3 is 2.12 bits per heavy atom. The van der Waals surface area contributed by atoms with Crippen LogP contribution in [0, 0.1) is 0 Å². The van der Waals surface area contributed by atoms with Crippen molar-refractivity contribution in [3.63, 3.8) is 0 Å². The van der Waals surface area contributed by atoms with Gasteiger partial charge in [0.05, 0.1) is 6.61 Å². The van der Waals surface area contributed by atoms with E-state index in [1.165, 1.54) is 0 Å². The molecule has 0 aliphatic carbocycles. The summed E-state index contributed by atoms with van der Waals surface area (Å²) in [5, 5.41) is 43.8. The molecule has 0 fully saturated rings. The maximum absolute atomic E-state index is 10.3. The van der Waals surface area contributed by atoms with Gasteiger partial charge >= 0.3 is 43.9 Å². The molecule has 4 atom stereocenters. The van der Waals surface area contributed by atoms with Crippen LogP contribution >= 0.6 is 0 Å². The number of carboxylic acid groups (broad SMARTS) is 1. The molecule has 0 aromatic rings. The van der Waals surface area contributed by atoms with E-state index in [0.29, 0.717) is 0 Å². The van der Waals surface area contributed by atoms with Crippen molar-refractivity contribution in [2.24, 2.45) is 0 Å². The molecular weight excluding hydrogens is 252 g/mol. The molecule has 0 aromatic carbocycles. The van der Waals surface area contributed by atoms with Crippen molar-refractivity contribution < 1.29 is 42.7 Å². The van der Waals surface area contributed by atoms with Gasteiger partial charge in [-0.1, -0.05) is 0 Å². The van der Waals surface area contributed by atoms with Crippen LogP contribution in [0.15, 0.2) is 0 Å². The number of ether oxygens (including phenoxy) is 1. The smallest absolute Gasteiger partial charge is 1.00 e. The number of aldehydes is 1. The summed E-state index contributed by atoms with van der Waals surface area (Å²) in [5.74, 6) is 0. The van der Waals surface area contributed by atoms with Crippen LogP contribution in [0.25, 0.3) is 0 Å². The van der Waals surface area contributed by atoms with Crippen LogP contribution in [0.2, 0.25) is 0 Å². The Balaban J connectivity index is -0.000000327. The van der Waals surface area contributed by atoms with Crippen LogP contribution < -0.4 is 0 Å². The molecular formula is C7H14CaO8. The van der Waals surface area contributed by atoms with Gasteiger partial charge in [0.25, 0.3) is 0 Å². The second kappa shape index (κ2) is 9.11. The summed E-state index contributed by atoms with van der Waals surface area (Å²) in [5.41, 5.74) is 0. The van der Waals surface area contributed by atoms with E-state index in [0.717, 1.165) is 0 Å². The first-order chi connectivity index (χ1) is 6.93. The molecule has 0 aromatic heterocycles. The van der Waals surface area contributed by atoms with Gasteiger partial charge in [-0.3, -0.25) is 4.79 Å². The molecule has 0 radical (unpaired) electrons. The molecule has 9 heteroatoms. The number of hydrogen-bond donors (Lipinski definition) is 5. The van der Waals surface area contributed by atoms with Crippen molar-refractivity contribution >= 4 is 50.2 Å². The summed E-state index contributed by atoms with van der Waals surface area (Å²) in [4.78, 5) is 20.3. The summed E-state index contributed by atoms with van der Waals surface area (Å²) in [6.45, 7) is -0.850. The molecule has 16 heavy (non-hydrogen) atoms. The van der Waals surface area contributed by atoms with E-state index >= 15 is 0 Å². The molecule has 0 unspecified atom stereocenters. The second-order valence-electron chi connectivity index (χ2n) is 2.72. The first-order valence-corrected chi connectivity index (χ1v) is 3.94. The molecule has 0 aliphatic rings. The average molecular weight is 266 g/mol. The summed E-state index contributed by atoms with van der Waals surface area (Å²) >= 11 is 0. The Bertz CT molecular complexity index is 231.